The van der Waals surface area contributed by atoms with Crippen LogP contribution in [0.15, 0.2) is 36.9 Å². The average Bonchev–Trinajstić information content (AvgIpc) is 2.98. The molecule has 0 aliphatic rings. The number of hydrogen-bond acceptors (Lipinski definition) is 4. The molecule has 0 saturated carbocycles. The number of benzene rings is 1. The molecule has 0 saturated heterocycles. The number of esters is 1. The summed E-state index contributed by atoms with van der Waals surface area (Å²) in [6, 6.07) is 6.43. The van der Waals surface area contributed by atoms with Crippen molar-refractivity contribution in [2.24, 2.45) is 5.73 Å². The number of nitrogens with zero attached hydrogens (tertiary/aromatic N) is 2. The van der Waals surface area contributed by atoms with Gasteiger partial charge in [-0.2, -0.15) is 0 Å². The number of rotatable bonds is 8. The first kappa shape index (κ1) is 16.2. The van der Waals surface area contributed by atoms with Crippen LogP contribution in [0, 0.1) is 0 Å². The van der Waals surface area contributed by atoms with Gasteiger partial charge in [-0.05, 0) is 43.0 Å². The molecule has 0 amide bonds. The smallest absolute Gasteiger partial charge is 0.306 e. The summed E-state index contributed by atoms with van der Waals surface area (Å²) in [5.74, 6) is -0.150. The fraction of sp³-hybridized carbons (Fsp3) is 0.412. The van der Waals surface area contributed by atoms with E-state index in [4.69, 9.17) is 10.5 Å². The van der Waals surface area contributed by atoms with Gasteiger partial charge in [-0.1, -0.05) is 18.2 Å². The molecule has 0 radical (unpaired) electrons. The summed E-state index contributed by atoms with van der Waals surface area (Å²) in [5.41, 5.74) is 9.22. The van der Waals surface area contributed by atoms with Crippen molar-refractivity contribution in [2.75, 3.05) is 13.2 Å². The van der Waals surface area contributed by atoms with E-state index in [0.29, 0.717) is 26.0 Å². The first-order valence-electron chi connectivity index (χ1n) is 7.64. The second-order valence-corrected chi connectivity index (χ2v) is 5.24. The Hall–Kier alpha value is -2.14. The van der Waals surface area contributed by atoms with Crippen LogP contribution in [0.2, 0.25) is 0 Å². The predicted octanol–water partition coefficient (Wildman–Crippen LogP) is 1.93. The molecule has 0 bridgehead atoms. The standard InChI is InChI=1S/C17H23N3O2/c1-2-22-17(21)4-3-14-9-15(5-6-18)11-16(10-14)12-20-8-7-19-13-20/h7-11,13H,2-6,12,18H2,1H3. The third-order valence-electron chi connectivity index (χ3n) is 3.39. The van der Waals surface area contributed by atoms with Gasteiger partial charge in [0, 0.05) is 25.4 Å². The molecule has 2 aromatic rings. The lowest BCUT2D eigenvalue weighted by molar-refractivity contribution is -0.143. The van der Waals surface area contributed by atoms with Gasteiger partial charge in [0.2, 0.25) is 0 Å². The van der Waals surface area contributed by atoms with Crippen molar-refractivity contribution < 1.29 is 9.53 Å². The van der Waals surface area contributed by atoms with Gasteiger partial charge in [0.15, 0.2) is 0 Å². The molecule has 0 fully saturated rings. The van der Waals surface area contributed by atoms with E-state index in [2.05, 4.69) is 23.2 Å². The number of hydrogen-bond donors (Lipinski definition) is 1. The van der Waals surface area contributed by atoms with Crippen LogP contribution in [0.4, 0.5) is 0 Å². The van der Waals surface area contributed by atoms with Crippen molar-refractivity contribution in [3.63, 3.8) is 0 Å². The second-order valence-electron chi connectivity index (χ2n) is 5.24. The Kier molecular flexibility index (Phi) is 6.15. The molecule has 1 aromatic carbocycles. The number of carbonyl (C=O) groups excluding carboxylic acids is 1. The Morgan fingerprint density at radius 2 is 1.95 bits per heavy atom. The molecule has 5 heteroatoms. The fourth-order valence-electron chi connectivity index (χ4n) is 2.46. The lowest BCUT2D eigenvalue weighted by Crippen LogP contribution is -2.07. The van der Waals surface area contributed by atoms with Crippen molar-refractivity contribution in [3.05, 3.63) is 53.6 Å². The van der Waals surface area contributed by atoms with E-state index in [1.54, 1.807) is 12.5 Å². The zero-order valence-corrected chi connectivity index (χ0v) is 13.0. The number of nitrogens with two attached hydrogens (primary N) is 1. The van der Waals surface area contributed by atoms with Crippen LogP contribution in [0.5, 0.6) is 0 Å². The molecule has 118 valence electrons. The quantitative estimate of drug-likeness (QED) is 0.756. The van der Waals surface area contributed by atoms with Gasteiger partial charge in [-0.15, -0.1) is 0 Å². The minimum Gasteiger partial charge on any atom is -0.466 e. The molecule has 0 aliphatic carbocycles. The summed E-state index contributed by atoms with van der Waals surface area (Å²) in [5, 5.41) is 0. The van der Waals surface area contributed by atoms with Gasteiger partial charge >= 0.3 is 5.97 Å². The Morgan fingerprint density at radius 1 is 1.23 bits per heavy atom. The van der Waals surface area contributed by atoms with Crippen molar-refractivity contribution >= 4 is 5.97 Å². The molecule has 0 spiro atoms. The van der Waals surface area contributed by atoms with Crippen LogP contribution in [0.3, 0.4) is 0 Å². The minimum absolute atomic E-state index is 0.150. The normalized spacial score (nSPS) is 10.6. The summed E-state index contributed by atoms with van der Waals surface area (Å²) < 4.78 is 7.01. The van der Waals surface area contributed by atoms with Crippen LogP contribution < -0.4 is 5.73 Å². The van der Waals surface area contributed by atoms with Gasteiger partial charge in [0.05, 0.1) is 12.9 Å². The molecular formula is C17H23N3O2. The van der Waals surface area contributed by atoms with Gasteiger partial charge in [0.1, 0.15) is 0 Å². The SMILES string of the molecule is CCOC(=O)CCc1cc(CCN)cc(Cn2ccnc2)c1. The van der Waals surface area contributed by atoms with Gasteiger partial charge < -0.3 is 15.0 Å². The van der Waals surface area contributed by atoms with E-state index < -0.39 is 0 Å². The fourth-order valence-corrected chi connectivity index (χ4v) is 2.46. The van der Waals surface area contributed by atoms with E-state index in [9.17, 15) is 4.79 Å². The van der Waals surface area contributed by atoms with Crippen LogP contribution in [0.25, 0.3) is 0 Å². The molecule has 1 aromatic heterocycles. The summed E-state index contributed by atoms with van der Waals surface area (Å²) in [6.07, 6.45) is 7.44. The third-order valence-corrected chi connectivity index (χ3v) is 3.39. The maximum atomic E-state index is 11.5. The number of imidazole rings is 1. The molecule has 0 aliphatic heterocycles. The van der Waals surface area contributed by atoms with E-state index in [-0.39, 0.29) is 5.97 Å². The number of aryl methyl sites for hydroxylation is 1. The van der Waals surface area contributed by atoms with Crippen molar-refractivity contribution in [1.29, 1.82) is 0 Å². The lowest BCUT2D eigenvalue weighted by atomic mass is 10.0. The third kappa shape index (κ3) is 5.00. The Labute approximate surface area is 131 Å². The highest BCUT2D eigenvalue weighted by Crippen LogP contribution is 2.14. The molecule has 2 N–H and O–H groups in total. The van der Waals surface area contributed by atoms with Crippen LogP contribution in [-0.4, -0.2) is 28.7 Å². The zero-order chi connectivity index (χ0) is 15.8. The highest BCUT2D eigenvalue weighted by molar-refractivity contribution is 5.69. The summed E-state index contributed by atoms with van der Waals surface area (Å²) in [7, 11) is 0. The summed E-state index contributed by atoms with van der Waals surface area (Å²) in [4.78, 5) is 15.6. The van der Waals surface area contributed by atoms with E-state index in [0.717, 1.165) is 18.5 Å². The molecule has 0 unspecified atom stereocenters. The maximum absolute atomic E-state index is 11.5. The van der Waals surface area contributed by atoms with E-state index in [1.165, 1.54) is 11.1 Å². The second kappa shape index (κ2) is 8.34. The topological polar surface area (TPSA) is 70.1 Å². The van der Waals surface area contributed by atoms with Crippen LogP contribution in [0.1, 0.15) is 30.0 Å². The molecule has 5 nitrogen and oxygen atoms in total. The summed E-state index contributed by atoms with van der Waals surface area (Å²) >= 11 is 0. The largest absolute Gasteiger partial charge is 0.466 e. The average molecular weight is 301 g/mol. The Morgan fingerprint density at radius 3 is 2.59 bits per heavy atom. The number of aromatic nitrogens is 2. The lowest BCUT2D eigenvalue weighted by Gasteiger charge is -2.10. The Bertz CT molecular complexity index is 594. The van der Waals surface area contributed by atoms with E-state index in [1.807, 2.05) is 17.7 Å². The molecular weight excluding hydrogens is 278 g/mol. The van der Waals surface area contributed by atoms with Gasteiger partial charge in [-0.25, -0.2) is 4.98 Å². The molecule has 22 heavy (non-hydrogen) atoms. The summed E-state index contributed by atoms with van der Waals surface area (Å²) in [6.45, 7) is 3.64. The predicted molar refractivity (Wildman–Crippen MR) is 85.5 cm³/mol. The van der Waals surface area contributed by atoms with Crippen LogP contribution >= 0.6 is 0 Å². The molecule has 0 atom stereocenters. The zero-order valence-electron chi connectivity index (χ0n) is 13.0. The first-order valence-corrected chi connectivity index (χ1v) is 7.64. The van der Waals surface area contributed by atoms with Crippen molar-refractivity contribution in [2.45, 2.75) is 32.7 Å². The van der Waals surface area contributed by atoms with Gasteiger partial charge in [0.25, 0.3) is 0 Å². The molecule has 2 rings (SSSR count). The minimum atomic E-state index is -0.150. The maximum Gasteiger partial charge on any atom is 0.306 e. The van der Waals surface area contributed by atoms with Gasteiger partial charge in [-0.3, -0.25) is 4.79 Å². The first-order chi connectivity index (χ1) is 10.7. The highest BCUT2D eigenvalue weighted by Gasteiger charge is 2.06. The van der Waals surface area contributed by atoms with Crippen LogP contribution in [-0.2, 0) is 28.9 Å². The Balaban J connectivity index is 2.10. The number of ether oxygens (including phenoxy) is 1. The number of carbonyl (C=O) groups is 1. The van der Waals surface area contributed by atoms with Crippen molar-refractivity contribution in [1.82, 2.24) is 9.55 Å². The van der Waals surface area contributed by atoms with Crippen molar-refractivity contribution in [3.8, 4) is 0 Å². The van der Waals surface area contributed by atoms with E-state index >= 15 is 0 Å². The monoisotopic (exact) mass is 301 g/mol. The molecule has 1 heterocycles. The highest BCUT2D eigenvalue weighted by atomic mass is 16.5.